The number of pyridine rings is 1. The summed E-state index contributed by atoms with van der Waals surface area (Å²) in [5.41, 5.74) is 1.56. The highest BCUT2D eigenvalue weighted by Crippen LogP contribution is 2.22. The molecule has 140 valence electrons. The minimum absolute atomic E-state index is 0.303. The van der Waals surface area contributed by atoms with Gasteiger partial charge in [0.15, 0.2) is 17.5 Å². The molecule has 7 nitrogen and oxygen atoms in total. The predicted octanol–water partition coefficient (Wildman–Crippen LogP) is 2.39. The van der Waals surface area contributed by atoms with Crippen LogP contribution in [-0.2, 0) is 6.42 Å². The monoisotopic (exact) mass is 367 g/mol. The topological polar surface area (TPSA) is 63.0 Å². The van der Waals surface area contributed by atoms with Crippen molar-refractivity contribution in [2.45, 2.75) is 20.3 Å². The molecule has 0 N–H and O–H groups in total. The summed E-state index contributed by atoms with van der Waals surface area (Å²) < 4.78 is 16.3. The fraction of sp³-hybridized carbons (Fsp3) is 0.368. The molecule has 0 radical (unpaired) electrons. The summed E-state index contributed by atoms with van der Waals surface area (Å²) in [6, 6.07) is 5.92. The number of halogens is 1. The lowest BCUT2D eigenvalue weighted by molar-refractivity contribution is 0.568. The van der Waals surface area contributed by atoms with Crippen LogP contribution in [0.2, 0.25) is 0 Å². The van der Waals surface area contributed by atoms with Gasteiger partial charge in [0.25, 0.3) is 0 Å². The maximum atomic E-state index is 14.5. The van der Waals surface area contributed by atoms with Crippen LogP contribution < -0.4 is 9.80 Å². The molecule has 4 heterocycles. The summed E-state index contributed by atoms with van der Waals surface area (Å²) in [4.78, 5) is 17.1. The molecule has 0 aliphatic carbocycles. The third-order valence-electron chi connectivity index (χ3n) is 4.75. The zero-order chi connectivity index (χ0) is 18.8. The van der Waals surface area contributed by atoms with Gasteiger partial charge in [-0.1, -0.05) is 13.0 Å². The second-order valence-electron chi connectivity index (χ2n) is 6.60. The maximum Gasteiger partial charge on any atom is 0.187 e. The van der Waals surface area contributed by atoms with Crippen molar-refractivity contribution in [2.75, 3.05) is 36.0 Å². The number of aryl methyl sites for hydroxylation is 2. The number of hydrogen-bond acceptors (Lipinski definition) is 6. The van der Waals surface area contributed by atoms with Crippen LogP contribution >= 0.6 is 0 Å². The van der Waals surface area contributed by atoms with Gasteiger partial charge >= 0.3 is 0 Å². The Labute approximate surface area is 157 Å². The standard InChI is InChI=1S/C19H22FN7/c1-3-15-18(20)19(22-13-21-15)26-9-7-25(8-10-26)16-5-4-6-17(24-16)27-12-14(2)11-23-27/h4-6,11-13H,3,7-10H2,1-2H3. The molecule has 0 saturated carbocycles. The van der Waals surface area contributed by atoms with E-state index < -0.39 is 0 Å². The van der Waals surface area contributed by atoms with Crippen LogP contribution in [0.1, 0.15) is 18.2 Å². The zero-order valence-electron chi connectivity index (χ0n) is 15.5. The molecule has 0 unspecified atom stereocenters. The highest BCUT2D eigenvalue weighted by atomic mass is 19.1. The fourth-order valence-corrected chi connectivity index (χ4v) is 3.26. The molecule has 0 atom stereocenters. The van der Waals surface area contributed by atoms with E-state index in [0.717, 1.165) is 30.3 Å². The van der Waals surface area contributed by atoms with E-state index in [-0.39, 0.29) is 5.82 Å². The number of nitrogens with zero attached hydrogens (tertiary/aromatic N) is 7. The van der Waals surface area contributed by atoms with Crippen LogP contribution in [0.5, 0.6) is 0 Å². The number of hydrogen-bond donors (Lipinski definition) is 0. The first-order valence-corrected chi connectivity index (χ1v) is 9.13. The smallest absolute Gasteiger partial charge is 0.187 e. The predicted molar refractivity (Wildman–Crippen MR) is 102 cm³/mol. The van der Waals surface area contributed by atoms with Crippen molar-refractivity contribution in [3.63, 3.8) is 0 Å². The Balaban J connectivity index is 1.48. The lowest BCUT2D eigenvalue weighted by Gasteiger charge is -2.36. The number of piperazine rings is 1. The van der Waals surface area contributed by atoms with Gasteiger partial charge in [0.2, 0.25) is 0 Å². The van der Waals surface area contributed by atoms with Gasteiger partial charge in [-0.05, 0) is 31.0 Å². The fourth-order valence-electron chi connectivity index (χ4n) is 3.26. The van der Waals surface area contributed by atoms with Crippen LogP contribution in [0.15, 0.2) is 36.9 Å². The van der Waals surface area contributed by atoms with E-state index >= 15 is 0 Å². The minimum Gasteiger partial charge on any atom is -0.353 e. The molecule has 3 aromatic heterocycles. The molecule has 1 fully saturated rings. The average Bonchev–Trinajstić information content (AvgIpc) is 3.15. The first-order valence-electron chi connectivity index (χ1n) is 9.13. The van der Waals surface area contributed by atoms with E-state index in [4.69, 9.17) is 4.98 Å². The summed E-state index contributed by atoms with van der Waals surface area (Å²) in [5.74, 6) is 1.79. The number of aromatic nitrogens is 5. The van der Waals surface area contributed by atoms with Gasteiger partial charge in [-0.15, -0.1) is 0 Å². The number of anilines is 2. The highest BCUT2D eigenvalue weighted by Gasteiger charge is 2.23. The Morgan fingerprint density at radius 3 is 2.48 bits per heavy atom. The van der Waals surface area contributed by atoms with E-state index in [1.165, 1.54) is 6.33 Å². The molecule has 0 aromatic carbocycles. The summed E-state index contributed by atoms with van der Waals surface area (Å²) in [6.07, 6.45) is 5.77. The van der Waals surface area contributed by atoms with E-state index in [0.29, 0.717) is 31.0 Å². The van der Waals surface area contributed by atoms with Crippen molar-refractivity contribution in [3.05, 3.63) is 54.0 Å². The summed E-state index contributed by atoms with van der Waals surface area (Å²) in [7, 11) is 0. The van der Waals surface area contributed by atoms with Crippen molar-refractivity contribution in [3.8, 4) is 5.82 Å². The van der Waals surface area contributed by atoms with Crippen molar-refractivity contribution in [2.24, 2.45) is 0 Å². The Kier molecular flexibility index (Phi) is 4.70. The molecule has 1 aliphatic heterocycles. The first-order chi connectivity index (χ1) is 13.2. The highest BCUT2D eigenvalue weighted by molar-refractivity contribution is 5.47. The molecule has 4 rings (SSSR count). The lowest BCUT2D eigenvalue weighted by atomic mass is 10.2. The summed E-state index contributed by atoms with van der Waals surface area (Å²) >= 11 is 0. The quantitative estimate of drug-likeness (QED) is 0.706. The van der Waals surface area contributed by atoms with Crippen molar-refractivity contribution >= 4 is 11.6 Å². The van der Waals surface area contributed by atoms with Gasteiger partial charge in [-0.25, -0.2) is 24.0 Å². The molecule has 0 bridgehead atoms. The SMILES string of the molecule is CCc1ncnc(N2CCN(c3cccc(-n4cc(C)cn4)n3)CC2)c1F. The van der Waals surface area contributed by atoms with Crippen LogP contribution in [0, 0.1) is 12.7 Å². The van der Waals surface area contributed by atoms with E-state index in [1.54, 1.807) is 4.68 Å². The van der Waals surface area contributed by atoms with Gasteiger partial charge in [-0.3, -0.25) is 0 Å². The lowest BCUT2D eigenvalue weighted by Crippen LogP contribution is -2.47. The molecule has 3 aromatic rings. The molecule has 1 aliphatic rings. The molecule has 1 saturated heterocycles. The third kappa shape index (κ3) is 3.47. The average molecular weight is 367 g/mol. The Bertz CT molecular complexity index is 931. The molecule has 0 amide bonds. The van der Waals surface area contributed by atoms with Crippen molar-refractivity contribution in [1.29, 1.82) is 0 Å². The van der Waals surface area contributed by atoms with E-state index in [1.807, 2.05) is 49.3 Å². The van der Waals surface area contributed by atoms with Crippen LogP contribution in [-0.4, -0.2) is 50.9 Å². The summed E-state index contributed by atoms with van der Waals surface area (Å²) in [5, 5.41) is 4.32. The zero-order valence-corrected chi connectivity index (χ0v) is 15.5. The maximum absolute atomic E-state index is 14.5. The van der Waals surface area contributed by atoms with Gasteiger partial charge in [-0.2, -0.15) is 5.10 Å². The number of rotatable bonds is 4. The molecule has 27 heavy (non-hydrogen) atoms. The largest absolute Gasteiger partial charge is 0.353 e. The summed E-state index contributed by atoms with van der Waals surface area (Å²) in [6.45, 7) is 6.77. The van der Waals surface area contributed by atoms with E-state index in [2.05, 4.69) is 20.0 Å². The Morgan fingerprint density at radius 2 is 1.78 bits per heavy atom. The normalized spacial score (nSPS) is 14.6. The van der Waals surface area contributed by atoms with Crippen LogP contribution in [0.4, 0.5) is 16.0 Å². The second-order valence-corrected chi connectivity index (χ2v) is 6.60. The van der Waals surface area contributed by atoms with Crippen LogP contribution in [0.25, 0.3) is 5.82 Å². The molecule has 8 heteroatoms. The third-order valence-corrected chi connectivity index (χ3v) is 4.75. The van der Waals surface area contributed by atoms with E-state index in [9.17, 15) is 4.39 Å². The second kappa shape index (κ2) is 7.30. The van der Waals surface area contributed by atoms with Gasteiger partial charge in [0.05, 0.1) is 11.9 Å². The molecular formula is C19H22FN7. The first kappa shape index (κ1) is 17.4. The van der Waals surface area contributed by atoms with Gasteiger partial charge in [0, 0.05) is 32.4 Å². The Morgan fingerprint density at radius 1 is 1.04 bits per heavy atom. The van der Waals surface area contributed by atoms with Gasteiger partial charge in [0.1, 0.15) is 12.1 Å². The molecular weight excluding hydrogens is 345 g/mol. The molecule has 0 spiro atoms. The Hall–Kier alpha value is -3.03. The van der Waals surface area contributed by atoms with Crippen LogP contribution in [0.3, 0.4) is 0 Å². The van der Waals surface area contributed by atoms with Gasteiger partial charge < -0.3 is 9.80 Å². The van der Waals surface area contributed by atoms with Crippen molar-refractivity contribution in [1.82, 2.24) is 24.7 Å². The van der Waals surface area contributed by atoms with Crippen molar-refractivity contribution < 1.29 is 4.39 Å². The minimum atomic E-state index is -0.303.